The predicted octanol–water partition coefficient (Wildman–Crippen LogP) is 5.25. The lowest BCUT2D eigenvalue weighted by Crippen LogP contribution is -1.99. The van der Waals surface area contributed by atoms with E-state index >= 15 is 0 Å². The summed E-state index contributed by atoms with van der Waals surface area (Å²) in [6.07, 6.45) is 0. The molecule has 0 radical (unpaired) electrons. The van der Waals surface area contributed by atoms with Crippen molar-refractivity contribution in [3.8, 4) is 16.5 Å². The van der Waals surface area contributed by atoms with Gasteiger partial charge in [-0.25, -0.2) is 14.4 Å². The van der Waals surface area contributed by atoms with Crippen LogP contribution in [0.5, 0.6) is 5.75 Å². The van der Waals surface area contributed by atoms with Crippen LogP contribution in [-0.4, -0.2) is 17.1 Å². The Labute approximate surface area is 148 Å². The van der Waals surface area contributed by atoms with Gasteiger partial charge in [0, 0.05) is 17.1 Å². The first-order chi connectivity index (χ1) is 12.2. The Morgan fingerprint density at radius 2 is 1.92 bits per heavy atom. The fourth-order valence-corrected chi connectivity index (χ4v) is 3.23. The fourth-order valence-electron chi connectivity index (χ4n) is 2.57. The number of para-hydroxylation sites is 1. The van der Waals surface area contributed by atoms with Crippen molar-refractivity contribution in [2.45, 2.75) is 0 Å². The monoisotopic (exact) mass is 351 g/mol. The number of fused-ring (bicyclic) bond motifs is 1. The molecule has 0 fully saturated rings. The van der Waals surface area contributed by atoms with E-state index in [2.05, 4.69) is 15.3 Å². The van der Waals surface area contributed by atoms with E-state index in [0.717, 1.165) is 15.8 Å². The van der Waals surface area contributed by atoms with Crippen molar-refractivity contribution in [2.24, 2.45) is 0 Å². The molecule has 1 N–H and O–H groups in total. The lowest BCUT2D eigenvalue weighted by Gasteiger charge is -2.11. The second-order valence-corrected chi connectivity index (χ2v) is 6.31. The molecular formula is C19H14FN3OS. The van der Waals surface area contributed by atoms with Gasteiger partial charge in [0.1, 0.15) is 5.82 Å². The molecule has 2 aromatic carbocycles. The molecule has 0 amide bonds. The molecular weight excluding hydrogens is 337 g/mol. The Bertz CT molecular complexity index is 1030. The Morgan fingerprint density at radius 1 is 1.04 bits per heavy atom. The normalized spacial score (nSPS) is 10.8. The van der Waals surface area contributed by atoms with Crippen molar-refractivity contribution in [3.05, 3.63) is 65.8 Å². The second kappa shape index (κ2) is 6.49. The lowest BCUT2D eigenvalue weighted by molar-refractivity contribution is 0.386. The molecule has 0 saturated carbocycles. The van der Waals surface area contributed by atoms with Gasteiger partial charge in [-0.15, -0.1) is 11.3 Å². The summed E-state index contributed by atoms with van der Waals surface area (Å²) >= 11 is 1.58. The number of nitrogens with zero attached hydrogens (tertiary/aromatic N) is 2. The van der Waals surface area contributed by atoms with E-state index in [4.69, 9.17) is 4.74 Å². The van der Waals surface area contributed by atoms with E-state index in [1.54, 1.807) is 23.5 Å². The zero-order valence-electron chi connectivity index (χ0n) is 13.4. The maximum absolute atomic E-state index is 14.0. The van der Waals surface area contributed by atoms with Gasteiger partial charge in [0.25, 0.3) is 0 Å². The van der Waals surface area contributed by atoms with Gasteiger partial charge < -0.3 is 10.1 Å². The van der Waals surface area contributed by atoms with Crippen molar-refractivity contribution < 1.29 is 9.13 Å². The average Bonchev–Trinajstić information content (AvgIpc) is 3.16. The van der Waals surface area contributed by atoms with Gasteiger partial charge in [-0.1, -0.05) is 18.2 Å². The SMILES string of the molecule is COc1ccc(Nc2nc(-c3cccs3)nc3ccccc23)cc1F. The minimum Gasteiger partial charge on any atom is -0.494 e. The van der Waals surface area contributed by atoms with Crippen LogP contribution in [0, 0.1) is 5.82 Å². The van der Waals surface area contributed by atoms with Crippen LogP contribution in [0.3, 0.4) is 0 Å². The molecule has 6 heteroatoms. The van der Waals surface area contributed by atoms with Crippen LogP contribution in [0.4, 0.5) is 15.9 Å². The quantitative estimate of drug-likeness (QED) is 0.545. The number of hydrogen-bond donors (Lipinski definition) is 1. The molecule has 2 aromatic heterocycles. The molecule has 2 heterocycles. The third kappa shape index (κ3) is 3.04. The van der Waals surface area contributed by atoms with Gasteiger partial charge >= 0.3 is 0 Å². The summed E-state index contributed by atoms with van der Waals surface area (Å²) in [6.45, 7) is 0. The number of hydrogen-bond acceptors (Lipinski definition) is 5. The van der Waals surface area contributed by atoms with Crippen molar-refractivity contribution >= 4 is 33.7 Å². The molecule has 0 aliphatic carbocycles. The number of anilines is 2. The standard InChI is InChI=1S/C19H14FN3OS/c1-24-16-9-8-12(11-14(16)20)21-18-13-5-2-3-6-15(13)22-19(23-18)17-7-4-10-25-17/h2-11H,1H3,(H,21,22,23). The molecule has 0 unspecified atom stereocenters. The number of methoxy groups -OCH3 is 1. The summed E-state index contributed by atoms with van der Waals surface area (Å²) in [5.74, 6) is 1.06. The zero-order valence-corrected chi connectivity index (χ0v) is 14.2. The number of benzene rings is 2. The molecule has 0 aliphatic rings. The van der Waals surface area contributed by atoms with Crippen LogP contribution in [-0.2, 0) is 0 Å². The van der Waals surface area contributed by atoms with E-state index in [-0.39, 0.29) is 5.75 Å². The first-order valence-electron chi connectivity index (χ1n) is 7.66. The van der Waals surface area contributed by atoms with Crippen LogP contribution in [0.2, 0.25) is 0 Å². The smallest absolute Gasteiger partial charge is 0.172 e. The molecule has 0 bridgehead atoms. The highest BCUT2D eigenvalue weighted by molar-refractivity contribution is 7.13. The van der Waals surface area contributed by atoms with E-state index in [1.165, 1.54) is 13.2 Å². The zero-order chi connectivity index (χ0) is 17.2. The fraction of sp³-hybridized carbons (Fsp3) is 0.0526. The first-order valence-corrected chi connectivity index (χ1v) is 8.54. The maximum Gasteiger partial charge on any atom is 0.172 e. The third-order valence-corrected chi connectivity index (χ3v) is 4.63. The van der Waals surface area contributed by atoms with Crippen LogP contribution >= 0.6 is 11.3 Å². The number of rotatable bonds is 4. The Balaban J connectivity index is 1.81. The molecule has 4 rings (SSSR count). The van der Waals surface area contributed by atoms with Crippen LogP contribution in [0.1, 0.15) is 0 Å². The summed E-state index contributed by atoms with van der Waals surface area (Å²) in [5, 5.41) is 6.06. The predicted molar refractivity (Wildman–Crippen MR) is 99.1 cm³/mol. The lowest BCUT2D eigenvalue weighted by atomic mass is 10.2. The van der Waals surface area contributed by atoms with Crippen molar-refractivity contribution in [1.82, 2.24) is 9.97 Å². The highest BCUT2D eigenvalue weighted by Gasteiger charge is 2.11. The highest BCUT2D eigenvalue weighted by atomic mass is 32.1. The second-order valence-electron chi connectivity index (χ2n) is 5.36. The summed E-state index contributed by atoms with van der Waals surface area (Å²) in [6, 6.07) is 16.4. The van der Waals surface area contributed by atoms with Gasteiger partial charge in [-0.3, -0.25) is 0 Å². The Morgan fingerprint density at radius 3 is 2.68 bits per heavy atom. The van der Waals surface area contributed by atoms with E-state index < -0.39 is 5.82 Å². The number of thiophene rings is 1. The number of ether oxygens (including phenoxy) is 1. The molecule has 0 atom stereocenters. The van der Waals surface area contributed by atoms with Gasteiger partial charge in [0.2, 0.25) is 0 Å². The van der Waals surface area contributed by atoms with E-state index in [0.29, 0.717) is 17.3 Å². The first kappa shape index (κ1) is 15.5. The van der Waals surface area contributed by atoms with Crippen LogP contribution in [0.25, 0.3) is 21.6 Å². The molecule has 25 heavy (non-hydrogen) atoms. The van der Waals surface area contributed by atoms with Crippen LogP contribution in [0.15, 0.2) is 60.0 Å². The minimum absolute atomic E-state index is 0.206. The summed E-state index contributed by atoms with van der Waals surface area (Å²) < 4.78 is 18.9. The molecule has 0 saturated heterocycles. The summed E-state index contributed by atoms with van der Waals surface area (Å²) in [5.41, 5.74) is 1.43. The Kier molecular flexibility index (Phi) is 4.03. The molecule has 0 spiro atoms. The van der Waals surface area contributed by atoms with Gasteiger partial charge in [0.05, 0.1) is 17.5 Å². The topological polar surface area (TPSA) is 47.0 Å². The number of halogens is 1. The molecule has 4 nitrogen and oxygen atoms in total. The van der Waals surface area contributed by atoms with Gasteiger partial charge in [0.15, 0.2) is 17.4 Å². The van der Waals surface area contributed by atoms with Crippen LogP contribution < -0.4 is 10.1 Å². The summed E-state index contributed by atoms with van der Waals surface area (Å²) in [7, 11) is 1.44. The minimum atomic E-state index is -0.427. The highest BCUT2D eigenvalue weighted by Crippen LogP contribution is 2.30. The number of aromatic nitrogens is 2. The Hall–Kier alpha value is -2.99. The average molecular weight is 351 g/mol. The van der Waals surface area contributed by atoms with E-state index in [1.807, 2.05) is 41.8 Å². The molecule has 4 aromatic rings. The number of nitrogens with one attached hydrogen (secondary N) is 1. The van der Waals surface area contributed by atoms with Crippen molar-refractivity contribution in [3.63, 3.8) is 0 Å². The largest absolute Gasteiger partial charge is 0.494 e. The van der Waals surface area contributed by atoms with Gasteiger partial charge in [-0.05, 0) is 35.7 Å². The maximum atomic E-state index is 14.0. The van der Waals surface area contributed by atoms with Crippen molar-refractivity contribution in [1.29, 1.82) is 0 Å². The molecule has 0 aliphatic heterocycles. The van der Waals surface area contributed by atoms with E-state index in [9.17, 15) is 4.39 Å². The third-order valence-electron chi connectivity index (χ3n) is 3.76. The molecule has 124 valence electrons. The van der Waals surface area contributed by atoms with Crippen molar-refractivity contribution in [2.75, 3.05) is 12.4 Å². The van der Waals surface area contributed by atoms with Gasteiger partial charge in [-0.2, -0.15) is 0 Å². The summed E-state index contributed by atoms with van der Waals surface area (Å²) in [4.78, 5) is 10.3.